The Balaban J connectivity index is 1.88. The van der Waals surface area contributed by atoms with Gasteiger partial charge in [-0.15, -0.1) is 0 Å². The predicted octanol–water partition coefficient (Wildman–Crippen LogP) is 4.24. The van der Waals surface area contributed by atoms with Gasteiger partial charge in [0, 0.05) is 27.9 Å². The smallest absolute Gasteiger partial charge is 0.331 e. The maximum Gasteiger partial charge on any atom is 0.331 e. The molecule has 0 saturated heterocycles. The first-order valence-corrected chi connectivity index (χ1v) is 7.80. The first kappa shape index (κ1) is 18.3. The highest BCUT2D eigenvalue weighted by Crippen LogP contribution is 2.25. The number of nitrogens with one attached hydrogen (secondary N) is 1. The molecule has 1 heterocycles. The molecule has 0 fully saturated rings. The fraction of sp³-hybridized carbons (Fsp3) is 0.0625. The lowest BCUT2D eigenvalue weighted by molar-refractivity contribution is -0.142. The molecule has 1 aromatic carbocycles. The maximum atomic E-state index is 11.7. The van der Waals surface area contributed by atoms with Crippen LogP contribution in [0.2, 0.25) is 15.2 Å². The van der Waals surface area contributed by atoms with E-state index in [1.807, 2.05) is 0 Å². The summed E-state index contributed by atoms with van der Waals surface area (Å²) < 4.78 is 4.83. The van der Waals surface area contributed by atoms with Crippen molar-refractivity contribution in [1.29, 1.82) is 0 Å². The third kappa shape index (κ3) is 5.23. The van der Waals surface area contributed by atoms with Gasteiger partial charge in [0.15, 0.2) is 11.8 Å². The monoisotopic (exact) mass is 384 g/mol. The molecule has 1 N–H and O–H groups in total. The minimum Gasteiger partial charge on any atom is -0.452 e. The molecule has 0 unspecified atom stereocenters. The predicted molar refractivity (Wildman–Crippen MR) is 94.3 cm³/mol. The van der Waals surface area contributed by atoms with E-state index in [1.54, 1.807) is 30.3 Å². The van der Waals surface area contributed by atoms with Crippen LogP contribution in [0.15, 0.2) is 42.6 Å². The fourth-order valence-electron chi connectivity index (χ4n) is 1.67. The molecule has 8 heteroatoms. The highest BCUT2D eigenvalue weighted by Gasteiger charge is 2.09. The van der Waals surface area contributed by atoms with E-state index in [4.69, 9.17) is 39.5 Å². The van der Waals surface area contributed by atoms with Crippen LogP contribution in [0.1, 0.15) is 5.56 Å². The highest BCUT2D eigenvalue weighted by molar-refractivity contribution is 6.37. The number of ether oxygens (including phenoxy) is 1. The van der Waals surface area contributed by atoms with Crippen LogP contribution in [0.3, 0.4) is 0 Å². The molecule has 0 aliphatic carbocycles. The summed E-state index contributed by atoms with van der Waals surface area (Å²) in [6, 6.07) is 8.17. The van der Waals surface area contributed by atoms with Gasteiger partial charge in [0.05, 0.1) is 5.69 Å². The van der Waals surface area contributed by atoms with E-state index in [0.29, 0.717) is 21.3 Å². The number of anilines is 1. The van der Waals surface area contributed by atoms with E-state index in [2.05, 4.69) is 10.3 Å². The van der Waals surface area contributed by atoms with Gasteiger partial charge in [-0.1, -0.05) is 40.9 Å². The number of pyridine rings is 1. The summed E-state index contributed by atoms with van der Waals surface area (Å²) >= 11 is 17.8. The summed E-state index contributed by atoms with van der Waals surface area (Å²) in [7, 11) is 0. The van der Waals surface area contributed by atoms with Crippen molar-refractivity contribution in [1.82, 2.24) is 4.98 Å². The molecular formula is C16H11Cl3N2O3. The lowest BCUT2D eigenvalue weighted by Gasteiger charge is -2.06. The first-order chi connectivity index (χ1) is 11.5. The van der Waals surface area contributed by atoms with E-state index in [-0.39, 0.29) is 5.15 Å². The van der Waals surface area contributed by atoms with Crippen LogP contribution in [0.4, 0.5) is 5.69 Å². The molecule has 5 nitrogen and oxygen atoms in total. The number of hydrogen-bond acceptors (Lipinski definition) is 4. The van der Waals surface area contributed by atoms with E-state index in [9.17, 15) is 9.59 Å². The summed E-state index contributed by atoms with van der Waals surface area (Å²) in [6.07, 6.45) is 4.04. The summed E-state index contributed by atoms with van der Waals surface area (Å²) in [4.78, 5) is 27.2. The number of nitrogens with zero attached hydrogens (tertiary/aromatic N) is 1. The first-order valence-electron chi connectivity index (χ1n) is 6.66. The SMILES string of the molecule is O=C(COC(=O)/C=C/c1c(Cl)cccc1Cl)Nc1cccnc1Cl. The van der Waals surface area contributed by atoms with Crippen molar-refractivity contribution in [3.05, 3.63) is 63.4 Å². The summed E-state index contributed by atoms with van der Waals surface area (Å²) in [5.41, 5.74) is 0.822. The number of benzene rings is 1. The Bertz CT molecular complexity index is 774. The number of halogens is 3. The van der Waals surface area contributed by atoms with Crippen LogP contribution in [-0.4, -0.2) is 23.5 Å². The molecule has 124 valence electrons. The molecule has 0 bridgehead atoms. The van der Waals surface area contributed by atoms with Gasteiger partial charge in [-0.05, 0) is 30.3 Å². The van der Waals surface area contributed by atoms with Gasteiger partial charge in [0.25, 0.3) is 5.91 Å². The average Bonchev–Trinajstić information content (AvgIpc) is 2.54. The van der Waals surface area contributed by atoms with Gasteiger partial charge < -0.3 is 10.1 Å². The van der Waals surface area contributed by atoms with Crippen molar-refractivity contribution < 1.29 is 14.3 Å². The van der Waals surface area contributed by atoms with Crippen molar-refractivity contribution >= 4 is 58.4 Å². The highest BCUT2D eigenvalue weighted by atomic mass is 35.5. The Morgan fingerprint density at radius 3 is 2.50 bits per heavy atom. The topological polar surface area (TPSA) is 68.3 Å². The minimum absolute atomic E-state index is 0.144. The van der Waals surface area contributed by atoms with E-state index in [0.717, 1.165) is 6.08 Å². The molecule has 0 atom stereocenters. The van der Waals surface area contributed by atoms with Crippen molar-refractivity contribution in [2.75, 3.05) is 11.9 Å². The summed E-state index contributed by atoms with van der Waals surface area (Å²) in [5.74, 6) is -1.25. The maximum absolute atomic E-state index is 11.7. The Labute approximate surface area is 153 Å². The lowest BCUT2D eigenvalue weighted by atomic mass is 10.2. The second-order valence-electron chi connectivity index (χ2n) is 4.47. The van der Waals surface area contributed by atoms with Gasteiger partial charge in [-0.25, -0.2) is 9.78 Å². The number of esters is 1. The molecule has 2 aromatic rings. The lowest BCUT2D eigenvalue weighted by Crippen LogP contribution is -2.20. The Morgan fingerprint density at radius 1 is 1.12 bits per heavy atom. The molecule has 0 saturated carbocycles. The van der Waals surface area contributed by atoms with Crippen LogP contribution >= 0.6 is 34.8 Å². The third-order valence-electron chi connectivity index (χ3n) is 2.76. The second-order valence-corrected chi connectivity index (χ2v) is 5.64. The molecule has 0 radical (unpaired) electrons. The largest absolute Gasteiger partial charge is 0.452 e. The van der Waals surface area contributed by atoms with Gasteiger partial charge in [0.2, 0.25) is 0 Å². The zero-order valence-corrected chi connectivity index (χ0v) is 14.4. The molecular weight excluding hydrogens is 375 g/mol. The number of hydrogen-bond donors (Lipinski definition) is 1. The van der Waals surface area contributed by atoms with Gasteiger partial charge in [0.1, 0.15) is 0 Å². The van der Waals surface area contributed by atoms with Gasteiger partial charge in [-0.3, -0.25) is 4.79 Å². The van der Waals surface area contributed by atoms with Gasteiger partial charge in [-0.2, -0.15) is 0 Å². The molecule has 0 aliphatic heterocycles. The Kier molecular flexibility index (Phi) is 6.61. The van der Waals surface area contributed by atoms with Crippen molar-refractivity contribution in [2.24, 2.45) is 0 Å². The van der Waals surface area contributed by atoms with E-state index in [1.165, 1.54) is 12.3 Å². The number of amides is 1. The molecule has 0 aliphatic rings. The molecule has 24 heavy (non-hydrogen) atoms. The standard InChI is InChI=1S/C16H11Cl3N2O3/c17-11-3-1-4-12(18)10(11)6-7-15(23)24-9-14(22)21-13-5-2-8-20-16(13)19/h1-8H,9H2,(H,21,22)/b7-6+. The zero-order valence-electron chi connectivity index (χ0n) is 12.1. The number of carbonyl (C=O) groups is 2. The van der Waals surface area contributed by atoms with E-state index >= 15 is 0 Å². The van der Waals surface area contributed by atoms with Crippen LogP contribution in [0.5, 0.6) is 0 Å². The fourth-order valence-corrected chi connectivity index (χ4v) is 2.36. The Hall–Kier alpha value is -2.08. The van der Waals surface area contributed by atoms with Crippen LogP contribution in [0, 0.1) is 0 Å². The number of carbonyl (C=O) groups excluding carboxylic acids is 2. The van der Waals surface area contributed by atoms with E-state index < -0.39 is 18.5 Å². The zero-order chi connectivity index (χ0) is 17.5. The van der Waals surface area contributed by atoms with Crippen LogP contribution < -0.4 is 5.32 Å². The summed E-state index contributed by atoms with van der Waals surface area (Å²) in [5, 5.41) is 3.42. The van der Waals surface area contributed by atoms with Crippen molar-refractivity contribution in [3.8, 4) is 0 Å². The average molecular weight is 386 g/mol. The minimum atomic E-state index is -0.710. The van der Waals surface area contributed by atoms with Gasteiger partial charge >= 0.3 is 5.97 Å². The number of aromatic nitrogens is 1. The molecule has 1 amide bonds. The third-order valence-corrected chi connectivity index (χ3v) is 3.72. The van der Waals surface area contributed by atoms with Crippen LogP contribution in [0.25, 0.3) is 6.08 Å². The normalized spacial score (nSPS) is 10.6. The van der Waals surface area contributed by atoms with Crippen molar-refractivity contribution in [2.45, 2.75) is 0 Å². The Morgan fingerprint density at radius 2 is 1.83 bits per heavy atom. The quantitative estimate of drug-likeness (QED) is 0.475. The summed E-state index contributed by atoms with van der Waals surface area (Å²) in [6.45, 7) is -0.468. The van der Waals surface area contributed by atoms with Crippen LogP contribution in [-0.2, 0) is 14.3 Å². The second kappa shape index (κ2) is 8.68. The molecule has 1 aromatic heterocycles. The van der Waals surface area contributed by atoms with Crippen molar-refractivity contribution in [3.63, 3.8) is 0 Å². The number of rotatable bonds is 5. The molecule has 2 rings (SSSR count). The molecule has 0 spiro atoms.